The van der Waals surface area contributed by atoms with E-state index < -0.39 is 29.1 Å². The SMILES string of the molecule is Cc1[nH]c2c(C3C(C(=O)O)=CC=C(F)C3(C)C(=O)O)nccc2c1C.Cl. The maximum Gasteiger partial charge on any atom is 0.332 e. The Labute approximate surface area is 154 Å². The number of aromatic amines is 1. The highest BCUT2D eigenvalue weighted by molar-refractivity contribution is 5.96. The lowest BCUT2D eigenvalue weighted by atomic mass is 9.67. The van der Waals surface area contributed by atoms with Crippen LogP contribution in [0.3, 0.4) is 0 Å². The maximum absolute atomic E-state index is 14.5. The van der Waals surface area contributed by atoms with E-state index in [9.17, 15) is 24.2 Å². The minimum absolute atomic E-state index is 0. The second-order valence-corrected chi connectivity index (χ2v) is 6.38. The van der Waals surface area contributed by atoms with Gasteiger partial charge in [-0.2, -0.15) is 0 Å². The molecule has 0 spiro atoms. The van der Waals surface area contributed by atoms with Gasteiger partial charge in [0, 0.05) is 22.9 Å². The fourth-order valence-electron chi connectivity index (χ4n) is 3.35. The number of fused-ring (bicyclic) bond motifs is 1. The zero-order chi connectivity index (χ0) is 18.5. The summed E-state index contributed by atoms with van der Waals surface area (Å²) in [5, 5.41) is 20.0. The number of rotatable bonds is 3. The molecule has 6 nitrogen and oxygen atoms in total. The first kappa shape index (κ1) is 19.7. The van der Waals surface area contributed by atoms with Crippen LogP contribution < -0.4 is 0 Å². The predicted octanol–water partition coefficient (Wildman–Crippen LogP) is 3.65. The van der Waals surface area contributed by atoms with Crippen LogP contribution in [-0.4, -0.2) is 32.1 Å². The van der Waals surface area contributed by atoms with Crippen molar-refractivity contribution in [2.24, 2.45) is 5.41 Å². The molecular formula is C18H18ClFN2O4. The van der Waals surface area contributed by atoms with Crippen molar-refractivity contribution in [2.75, 3.05) is 0 Å². The van der Waals surface area contributed by atoms with Gasteiger partial charge in [0.25, 0.3) is 0 Å². The van der Waals surface area contributed by atoms with Crippen molar-refractivity contribution in [3.63, 3.8) is 0 Å². The molecule has 2 atom stereocenters. The molecule has 0 bridgehead atoms. The summed E-state index contributed by atoms with van der Waals surface area (Å²) in [5.74, 6) is -4.93. The van der Waals surface area contributed by atoms with Crippen LogP contribution in [0.5, 0.6) is 0 Å². The first-order valence-electron chi connectivity index (χ1n) is 7.67. The predicted molar refractivity (Wildman–Crippen MR) is 96.2 cm³/mol. The molecule has 8 heteroatoms. The van der Waals surface area contributed by atoms with Crippen LogP contribution in [-0.2, 0) is 9.59 Å². The van der Waals surface area contributed by atoms with Gasteiger partial charge in [-0.15, -0.1) is 12.4 Å². The van der Waals surface area contributed by atoms with Crippen LogP contribution in [0.25, 0.3) is 10.9 Å². The van der Waals surface area contributed by atoms with Crippen LogP contribution in [0, 0.1) is 19.3 Å². The molecule has 3 rings (SSSR count). The zero-order valence-electron chi connectivity index (χ0n) is 14.3. The third-order valence-corrected chi connectivity index (χ3v) is 5.02. The number of aryl methyl sites for hydroxylation is 2. The average Bonchev–Trinajstić information content (AvgIpc) is 2.84. The van der Waals surface area contributed by atoms with Crippen LogP contribution in [0.4, 0.5) is 4.39 Å². The smallest absolute Gasteiger partial charge is 0.332 e. The minimum Gasteiger partial charge on any atom is -0.480 e. The Kier molecular flexibility index (Phi) is 4.96. The number of H-pyrrole nitrogens is 1. The molecule has 0 amide bonds. The van der Waals surface area contributed by atoms with E-state index >= 15 is 0 Å². The van der Waals surface area contributed by atoms with Crippen LogP contribution in [0.1, 0.15) is 29.8 Å². The number of carboxylic acids is 2. The Hall–Kier alpha value is -2.67. The van der Waals surface area contributed by atoms with Gasteiger partial charge in [-0.3, -0.25) is 9.78 Å². The van der Waals surface area contributed by atoms with Gasteiger partial charge in [0.15, 0.2) is 0 Å². The minimum atomic E-state index is -2.06. The molecule has 0 radical (unpaired) electrons. The summed E-state index contributed by atoms with van der Waals surface area (Å²) in [6.45, 7) is 4.93. The normalized spacial score (nSPS) is 22.4. The molecule has 0 saturated carbocycles. The summed E-state index contributed by atoms with van der Waals surface area (Å²) in [7, 11) is 0. The van der Waals surface area contributed by atoms with E-state index in [-0.39, 0.29) is 23.7 Å². The van der Waals surface area contributed by atoms with Gasteiger partial charge in [0.2, 0.25) is 0 Å². The highest BCUT2D eigenvalue weighted by atomic mass is 35.5. The molecule has 2 unspecified atom stereocenters. The highest BCUT2D eigenvalue weighted by Gasteiger charge is 2.52. The van der Waals surface area contributed by atoms with Gasteiger partial charge in [0.1, 0.15) is 11.2 Å². The average molecular weight is 381 g/mol. The Balaban J connectivity index is 0.00000243. The van der Waals surface area contributed by atoms with E-state index in [1.54, 1.807) is 6.07 Å². The molecule has 2 aromatic rings. The lowest BCUT2D eigenvalue weighted by Gasteiger charge is -2.35. The number of aromatic nitrogens is 2. The number of nitrogens with one attached hydrogen (secondary N) is 1. The molecule has 26 heavy (non-hydrogen) atoms. The zero-order valence-corrected chi connectivity index (χ0v) is 15.1. The van der Waals surface area contributed by atoms with Gasteiger partial charge >= 0.3 is 11.9 Å². The van der Waals surface area contributed by atoms with Gasteiger partial charge in [0.05, 0.1) is 17.1 Å². The number of hydrogen-bond donors (Lipinski definition) is 3. The molecule has 0 fully saturated rings. The van der Waals surface area contributed by atoms with Crippen molar-refractivity contribution in [1.82, 2.24) is 9.97 Å². The van der Waals surface area contributed by atoms with Crippen LogP contribution in [0.15, 0.2) is 35.8 Å². The number of allylic oxidation sites excluding steroid dienone is 2. The standard InChI is InChI=1S/C18H17FN2O4.ClH/c1-8-9(2)21-14-10(8)6-7-20-15(14)13-11(16(22)23)4-5-12(19)18(13,3)17(24)25;/h4-7,13,21H,1-3H3,(H,22,23)(H,24,25);1H. The summed E-state index contributed by atoms with van der Waals surface area (Å²) in [5.41, 5.74) is 0.261. The monoisotopic (exact) mass is 380 g/mol. The van der Waals surface area contributed by atoms with E-state index in [1.807, 2.05) is 13.8 Å². The Bertz CT molecular complexity index is 979. The molecule has 3 N–H and O–H groups in total. The van der Waals surface area contributed by atoms with Gasteiger partial charge in [-0.1, -0.05) is 0 Å². The fourth-order valence-corrected chi connectivity index (χ4v) is 3.35. The number of aliphatic carboxylic acids is 2. The summed E-state index contributed by atoms with van der Waals surface area (Å²) in [6.07, 6.45) is 3.49. The second kappa shape index (κ2) is 6.57. The van der Waals surface area contributed by atoms with Crippen LogP contribution >= 0.6 is 12.4 Å². The van der Waals surface area contributed by atoms with Crippen LogP contribution in [0.2, 0.25) is 0 Å². The Morgan fingerprint density at radius 2 is 1.92 bits per heavy atom. The maximum atomic E-state index is 14.5. The molecule has 1 aliphatic rings. The second-order valence-electron chi connectivity index (χ2n) is 6.38. The Morgan fingerprint density at radius 3 is 2.50 bits per heavy atom. The number of halogens is 2. The quantitative estimate of drug-likeness (QED) is 0.754. The third kappa shape index (κ3) is 2.59. The van der Waals surface area contributed by atoms with Gasteiger partial charge in [-0.05, 0) is 44.6 Å². The number of nitrogens with zero attached hydrogens (tertiary/aromatic N) is 1. The molecule has 0 aromatic carbocycles. The summed E-state index contributed by atoms with van der Waals surface area (Å²) < 4.78 is 14.5. The molecule has 2 aromatic heterocycles. The first-order valence-corrected chi connectivity index (χ1v) is 7.67. The highest BCUT2D eigenvalue weighted by Crippen LogP contribution is 2.50. The van der Waals surface area contributed by atoms with Crippen molar-refractivity contribution in [1.29, 1.82) is 0 Å². The van der Waals surface area contributed by atoms with Crippen molar-refractivity contribution in [3.05, 3.63) is 52.8 Å². The van der Waals surface area contributed by atoms with Crippen molar-refractivity contribution in [3.8, 4) is 0 Å². The largest absolute Gasteiger partial charge is 0.480 e. The fraction of sp³-hybridized carbons (Fsp3) is 0.278. The van der Waals surface area contributed by atoms with Crippen molar-refractivity contribution >= 4 is 35.2 Å². The summed E-state index contributed by atoms with van der Waals surface area (Å²) in [6, 6.07) is 1.76. The molecule has 138 valence electrons. The Morgan fingerprint density at radius 1 is 1.27 bits per heavy atom. The third-order valence-electron chi connectivity index (χ3n) is 5.02. The molecule has 0 aliphatic heterocycles. The van der Waals surface area contributed by atoms with E-state index in [4.69, 9.17) is 0 Å². The number of hydrogen-bond acceptors (Lipinski definition) is 3. The first-order chi connectivity index (χ1) is 11.7. The van der Waals surface area contributed by atoms with Crippen molar-refractivity contribution in [2.45, 2.75) is 26.7 Å². The molecule has 0 saturated heterocycles. The number of pyridine rings is 1. The van der Waals surface area contributed by atoms with E-state index in [1.165, 1.54) is 13.1 Å². The number of carboxylic acid groups (broad SMARTS) is 2. The lowest BCUT2D eigenvalue weighted by Crippen LogP contribution is -2.39. The molecule has 1 aliphatic carbocycles. The molecule has 2 heterocycles. The van der Waals surface area contributed by atoms with Gasteiger partial charge in [-0.25, -0.2) is 9.18 Å². The van der Waals surface area contributed by atoms with Gasteiger partial charge < -0.3 is 15.2 Å². The topological polar surface area (TPSA) is 103 Å². The van der Waals surface area contributed by atoms with E-state index in [0.29, 0.717) is 5.52 Å². The van der Waals surface area contributed by atoms with E-state index in [2.05, 4.69) is 9.97 Å². The lowest BCUT2D eigenvalue weighted by molar-refractivity contribution is -0.147. The molecular weight excluding hydrogens is 363 g/mol. The van der Waals surface area contributed by atoms with E-state index in [0.717, 1.165) is 28.8 Å². The summed E-state index contributed by atoms with van der Waals surface area (Å²) >= 11 is 0. The van der Waals surface area contributed by atoms with Crippen molar-refractivity contribution < 1.29 is 24.2 Å². The summed E-state index contributed by atoms with van der Waals surface area (Å²) in [4.78, 5) is 31.0. The number of carbonyl (C=O) groups is 2.